The van der Waals surface area contributed by atoms with Crippen molar-refractivity contribution < 1.29 is 0 Å². The molecule has 0 aliphatic carbocycles. The van der Waals surface area contributed by atoms with E-state index < -0.39 is 0 Å². The van der Waals surface area contributed by atoms with Crippen molar-refractivity contribution in [3.8, 4) is 22.3 Å². The Hall–Kier alpha value is -4.42. The van der Waals surface area contributed by atoms with E-state index in [2.05, 4.69) is 134 Å². The molecule has 0 bridgehead atoms. The maximum Gasteiger partial charge on any atom is -0.00264 e. The van der Waals surface area contributed by atoms with Crippen LogP contribution in [0.4, 0.5) is 0 Å². The Bertz CT molecular complexity index is 1850. The molecular weight excluding hydrogens is 420 g/mol. The molecule has 0 amide bonds. The lowest BCUT2D eigenvalue weighted by atomic mass is 9.88. The number of hydrogen-bond donors (Lipinski definition) is 0. The SMILES string of the molecule is Cc1c2ccccc2c(-c2ccc3cc(-c4ccc5ccccc5c4)ccc3c2)c2ccccc12. The zero-order valence-electron chi connectivity index (χ0n) is 19.6. The van der Waals surface area contributed by atoms with Crippen LogP contribution in [0.25, 0.3) is 65.3 Å². The lowest BCUT2D eigenvalue weighted by Gasteiger charge is -2.16. The maximum absolute atomic E-state index is 2.35. The molecule has 0 heterocycles. The summed E-state index contributed by atoms with van der Waals surface area (Å²) in [6.45, 7) is 2.24. The van der Waals surface area contributed by atoms with Crippen LogP contribution in [0.3, 0.4) is 0 Å². The summed E-state index contributed by atoms with van der Waals surface area (Å²) in [5.74, 6) is 0. The predicted octanol–water partition coefficient (Wildman–Crippen LogP) is 9.94. The molecule has 0 N–H and O–H groups in total. The largest absolute Gasteiger partial charge is 0.0616 e. The molecule has 35 heavy (non-hydrogen) atoms. The summed E-state index contributed by atoms with van der Waals surface area (Å²) in [7, 11) is 0. The van der Waals surface area contributed by atoms with Gasteiger partial charge in [0.05, 0.1) is 0 Å². The van der Waals surface area contributed by atoms with Gasteiger partial charge in [-0.15, -0.1) is 0 Å². The van der Waals surface area contributed by atoms with E-state index in [4.69, 9.17) is 0 Å². The highest BCUT2D eigenvalue weighted by Gasteiger charge is 2.13. The molecule has 0 radical (unpaired) electrons. The van der Waals surface area contributed by atoms with Gasteiger partial charge in [0.25, 0.3) is 0 Å². The number of benzene rings is 7. The zero-order valence-corrected chi connectivity index (χ0v) is 19.6. The van der Waals surface area contributed by atoms with E-state index in [9.17, 15) is 0 Å². The standard InChI is InChI=1S/C35H24/c1-23-31-10-4-6-12-33(31)35(34-13-7-5-11-32(23)34)30-19-18-28-21-27(16-17-29(28)22-30)26-15-14-24-8-2-3-9-25(24)20-26/h2-22H,1H3. The third kappa shape index (κ3) is 3.22. The van der Waals surface area contributed by atoms with Gasteiger partial charge >= 0.3 is 0 Å². The molecule has 0 aliphatic heterocycles. The van der Waals surface area contributed by atoms with Crippen molar-refractivity contribution in [1.82, 2.24) is 0 Å². The highest BCUT2D eigenvalue weighted by molar-refractivity contribution is 6.15. The highest BCUT2D eigenvalue weighted by atomic mass is 14.2. The van der Waals surface area contributed by atoms with Gasteiger partial charge in [0, 0.05) is 0 Å². The highest BCUT2D eigenvalue weighted by Crippen LogP contribution is 2.40. The topological polar surface area (TPSA) is 0 Å². The lowest BCUT2D eigenvalue weighted by Crippen LogP contribution is -1.89. The summed E-state index contributed by atoms with van der Waals surface area (Å²) in [6, 6.07) is 46.6. The predicted molar refractivity (Wildman–Crippen MR) is 152 cm³/mol. The van der Waals surface area contributed by atoms with E-state index in [1.54, 1.807) is 0 Å². The number of hydrogen-bond acceptors (Lipinski definition) is 0. The van der Waals surface area contributed by atoms with Gasteiger partial charge in [-0.05, 0) is 96.0 Å². The molecule has 0 spiro atoms. The first-order valence-corrected chi connectivity index (χ1v) is 12.2. The van der Waals surface area contributed by atoms with Gasteiger partial charge in [-0.3, -0.25) is 0 Å². The Morgan fingerprint density at radius 1 is 0.343 bits per heavy atom. The van der Waals surface area contributed by atoms with Crippen molar-refractivity contribution in [3.63, 3.8) is 0 Å². The monoisotopic (exact) mass is 444 g/mol. The van der Waals surface area contributed by atoms with Crippen LogP contribution in [-0.2, 0) is 0 Å². The van der Waals surface area contributed by atoms with Crippen LogP contribution in [0, 0.1) is 6.92 Å². The Balaban J connectivity index is 1.41. The van der Waals surface area contributed by atoms with Crippen molar-refractivity contribution in [2.24, 2.45) is 0 Å². The smallest absolute Gasteiger partial charge is 0.00264 e. The molecule has 0 fully saturated rings. The first-order valence-electron chi connectivity index (χ1n) is 12.2. The molecule has 164 valence electrons. The second-order valence-corrected chi connectivity index (χ2v) is 9.43. The molecule has 0 nitrogen and oxygen atoms in total. The van der Waals surface area contributed by atoms with Gasteiger partial charge in [0.1, 0.15) is 0 Å². The average Bonchev–Trinajstić information content (AvgIpc) is 2.93. The van der Waals surface area contributed by atoms with Crippen LogP contribution in [0.2, 0.25) is 0 Å². The second-order valence-electron chi connectivity index (χ2n) is 9.43. The van der Waals surface area contributed by atoms with E-state index in [0.717, 1.165) is 0 Å². The fraction of sp³-hybridized carbons (Fsp3) is 0.0286. The van der Waals surface area contributed by atoms with E-state index in [0.29, 0.717) is 0 Å². The number of aryl methyl sites for hydroxylation is 1. The molecule has 7 aromatic rings. The summed E-state index contributed by atoms with van der Waals surface area (Å²) in [4.78, 5) is 0. The van der Waals surface area contributed by atoms with Crippen LogP contribution in [0.15, 0.2) is 127 Å². The third-order valence-electron chi connectivity index (χ3n) is 7.41. The lowest BCUT2D eigenvalue weighted by molar-refractivity contribution is 1.58. The maximum atomic E-state index is 2.35. The Morgan fingerprint density at radius 3 is 1.34 bits per heavy atom. The minimum Gasteiger partial charge on any atom is -0.0616 e. The van der Waals surface area contributed by atoms with Crippen LogP contribution in [0.5, 0.6) is 0 Å². The summed E-state index contributed by atoms with van der Waals surface area (Å²) in [5, 5.41) is 10.4. The molecular formula is C35H24. The minimum absolute atomic E-state index is 1.25. The average molecular weight is 445 g/mol. The molecule has 0 heteroatoms. The summed E-state index contributed by atoms with van der Waals surface area (Å²) in [6.07, 6.45) is 0. The van der Waals surface area contributed by atoms with Gasteiger partial charge < -0.3 is 0 Å². The molecule has 0 saturated heterocycles. The van der Waals surface area contributed by atoms with Crippen molar-refractivity contribution in [3.05, 3.63) is 133 Å². The first kappa shape index (κ1) is 20.0. The second kappa shape index (κ2) is 7.82. The van der Waals surface area contributed by atoms with Crippen LogP contribution < -0.4 is 0 Å². The molecule has 7 aromatic carbocycles. The molecule has 0 unspecified atom stereocenters. The van der Waals surface area contributed by atoms with Crippen molar-refractivity contribution in [2.45, 2.75) is 6.92 Å². The first-order chi connectivity index (χ1) is 17.3. The Kier molecular flexibility index (Phi) is 4.47. The van der Waals surface area contributed by atoms with Crippen molar-refractivity contribution in [2.75, 3.05) is 0 Å². The van der Waals surface area contributed by atoms with Crippen molar-refractivity contribution in [1.29, 1.82) is 0 Å². The number of fused-ring (bicyclic) bond motifs is 4. The van der Waals surface area contributed by atoms with E-state index >= 15 is 0 Å². The number of rotatable bonds is 2. The molecule has 0 atom stereocenters. The van der Waals surface area contributed by atoms with Crippen molar-refractivity contribution >= 4 is 43.1 Å². The molecule has 0 saturated carbocycles. The summed E-state index contributed by atoms with van der Waals surface area (Å²) < 4.78 is 0. The van der Waals surface area contributed by atoms with E-state index in [1.165, 1.54) is 70.9 Å². The Labute approximate surface area is 205 Å². The Morgan fingerprint density at radius 2 is 0.743 bits per heavy atom. The fourth-order valence-electron chi connectivity index (χ4n) is 5.61. The van der Waals surface area contributed by atoms with Gasteiger partial charge in [-0.1, -0.05) is 109 Å². The molecule has 0 aliphatic rings. The zero-order chi connectivity index (χ0) is 23.4. The van der Waals surface area contributed by atoms with Crippen LogP contribution >= 0.6 is 0 Å². The van der Waals surface area contributed by atoms with Crippen LogP contribution in [-0.4, -0.2) is 0 Å². The summed E-state index contributed by atoms with van der Waals surface area (Å²) >= 11 is 0. The molecule has 7 rings (SSSR count). The molecule has 0 aromatic heterocycles. The van der Waals surface area contributed by atoms with E-state index in [1.807, 2.05) is 0 Å². The summed E-state index contributed by atoms with van der Waals surface area (Å²) in [5.41, 5.74) is 6.44. The minimum atomic E-state index is 1.25. The fourth-order valence-corrected chi connectivity index (χ4v) is 5.61. The normalized spacial score (nSPS) is 11.6. The van der Waals surface area contributed by atoms with Crippen LogP contribution in [0.1, 0.15) is 5.56 Å². The third-order valence-corrected chi connectivity index (χ3v) is 7.41. The van der Waals surface area contributed by atoms with E-state index in [-0.39, 0.29) is 0 Å². The quantitative estimate of drug-likeness (QED) is 0.233. The van der Waals surface area contributed by atoms with Gasteiger partial charge in [-0.2, -0.15) is 0 Å². The van der Waals surface area contributed by atoms with Gasteiger partial charge in [0.15, 0.2) is 0 Å². The van der Waals surface area contributed by atoms with Gasteiger partial charge in [-0.25, -0.2) is 0 Å². The van der Waals surface area contributed by atoms with Gasteiger partial charge in [0.2, 0.25) is 0 Å².